The lowest BCUT2D eigenvalue weighted by Gasteiger charge is -2.22. The lowest BCUT2D eigenvalue weighted by Crippen LogP contribution is -2.32. The van der Waals surface area contributed by atoms with E-state index >= 15 is 0 Å². The van der Waals surface area contributed by atoms with Crippen molar-refractivity contribution in [3.05, 3.63) is 89.5 Å². The number of sulfonamides is 1. The number of phenols is 1. The van der Waals surface area contributed by atoms with Gasteiger partial charge in [-0.15, -0.1) is 0 Å². The minimum Gasteiger partial charge on any atom is -0.506 e. The molecule has 0 spiro atoms. The van der Waals surface area contributed by atoms with Gasteiger partial charge < -0.3 is 25.4 Å². The Bertz CT molecular complexity index is 1170. The summed E-state index contributed by atoms with van der Waals surface area (Å²) in [6, 6.07) is 22.2. The van der Waals surface area contributed by atoms with Crippen molar-refractivity contribution in [3.8, 4) is 11.5 Å². The summed E-state index contributed by atoms with van der Waals surface area (Å²) in [5, 5.41) is 33.0. The zero-order chi connectivity index (χ0) is 25.3. The first-order valence-electron chi connectivity index (χ1n) is 11.3. The normalized spacial score (nSPS) is 13.2. The van der Waals surface area contributed by atoms with Gasteiger partial charge in [-0.3, -0.25) is 4.72 Å². The minimum absolute atomic E-state index is 0.0509. The van der Waals surface area contributed by atoms with Crippen LogP contribution >= 0.6 is 0 Å². The van der Waals surface area contributed by atoms with Gasteiger partial charge in [-0.1, -0.05) is 48.5 Å². The molecule has 3 aromatic rings. The summed E-state index contributed by atoms with van der Waals surface area (Å²) >= 11 is 0. The van der Waals surface area contributed by atoms with Crippen LogP contribution in [0.15, 0.2) is 72.8 Å². The van der Waals surface area contributed by atoms with E-state index in [2.05, 4.69) is 22.2 Å². The van der Waals surface area contributed by atoms with Gasteiger partial charge in [0.1, 0.15) is 18.1 Å². The Morgan fingerprint density at radius 1 is 0.943 bits per heavy atom. The summed E-state index contributed by atoms with van der Waals surface area (Å²) in [6.45, 7) is 0.483. The lowest BCUT2D eigenvalue weighted by molar-refractivity contribution is 0.167. The monoisotopic (exact) mass is 500 g/mol. The van der Waals surface area contributed by atoms with Crippen molar-refractivity contribution in [2.24, 2.45) is 0 Å². The summed E-state index contributed by atoms with van der Waals surface area (Å²) < 4.78 is 30.8. The highest BCUT2D eigenvalue weighted by Crippen LogP contribution is 2.26. The standard InChI is InChI=1S/C26H32N2O6S/c1-35(32,33)28-25-17-20(7-12-26(25)31)15-22(30)18-27-24(16-19-5-3-2-4-6-19)21-8-10-23(11-9-21)34-14-13-29/h2-12,17,22,24,27-31H,13-16,18H2,1H3/t22-,24?/m0/s1. The largest absolute Gasteiger partial charge is 0.506 e. The first kappa shape index (κ1) is 26.5. The van der Waals surface area contributed by atoms with E-state index in [-0.39, 0.29) is 37.1 Å². The molecule has 0 saturated carbocycles. The van der Waals surface area contributed by atoms with Crippen molar-refractivity contribution >= 4 is 15.7 Å². The molecule has 0 aliphatic heterocycles. The van der Waals surface area contributed by atoms with Crippen LogP contribution < -0.4 is 14.8 Å². The van der Waals surface area contributed by atoms with Crippen LogP contribution in [0.3, 0.4) is 0 Å². The third kappa shape index (κ3) is 8.88. The molecule has 0 radical (unpaired) electrons. The minimum atomic E-state index is -3.54. The quantitative estimate of drug-likeness (QED) is 0.228. The molecule has 0 amide bonds. The summed E-state index contributed by atoms with van der Waals surface area (Å²) in [5.74, 6) is 0.494. The van der Waals surface area contributed by atoms with E-state index in [4.69, 9.17) is 9.84 Å². The Kier molecular flexibility index (Phi) is 9.50. The number of ether oxygens (including phenoxy) is 1. The second kappa shape index (κ2) is 12.6. The predicted molar refractivity (Wildman–Crippen MR) is 136 cm³/mol. The average molecular weight is 501 g/mol. The second-order valence-corrected chi connectivity index (χ2v) is 10.1. The molecule has 2 atom stereocenters. The fraction of sp³-hybridized carbons (Fsp3) is 0.308. The maximum Gasteiger partial charge on any atom is 0.229 e. The number of anilines is 1. The molecule has 0 fully saturated rings. The molecule has 9 heteroatoms. The molecule has 35 heavy (non-hydrogen) atoms. The highest BCUT2D eigenvalue weighted by molar-refractivity contribution is 7.92. The average Bonchev–Trinajstić information content (AvgIpc) is 2.82. The molecular weight excluding hydrogens is 468 g/mol. The van der Waals surface area contributed by atoms with E-state index in [1.807, 2.05) is 42.5 Å². The van der Waals surface area contributed by atoms with Gasteiger partial charge in [-0.05, 0) is 53.8 Å². The molecular formula is C26H32N2O6S. The van der Waals surface area contributed by atoms with Crippen LogP contribution in [0.5, 0.6) is 11.5 Å². The number of nitrogens with one attached hydrogen (secondary N) is 2. The summed E-state index contributed by atoms with van der Waals surface area (Å²) in [6.07, 6.45) is 1.26. The maximum atomic E-state index is 11.5. The number of aliphatic hydroxyl groups is 2. The SMILES string of the molecule is CS(=O)(=O)Nc1cc(C[C@H](O)CNC(Cc2ccccc2)c2ccc(OCCO)cc2)ccc1O. The topological polar surface area (TPSA) is 128 Å². The van der Waals surface area contributed by atoms with Crippen LogP contribution in [-0.4, -0.2) is 55.9 Å². The predicted octanol–water partition coefficient (Wildman–Crippen LogP) is 2.61. The third-order valence-corrected chi connectivity index (χ3v) is 5.94. The van der Waals surface area contributed by atoms with Crippen molar-refractivity contribution in [1.29, 1.82) is 0 Å². The van der Waals surface area contributed by atoms with Gasteiger partial charge >= 0.3 is 0 Å². The van der Waals surface area contributed by atoms with Crippen LogP contribution in [0.1, 0.15) is 22.7 Å². The Labute approximate surface area is 206 Å². The number of aromatic hydroxyl groups is 1. The zero-order valence-corrected chi connectivity index (χ0v) is 20.4. The Balaban J connectivity index is 1.68. The van der Waals surface area contributed by atoms with Crippen molar-refractivity contribution in [3.63, 3.8) is 0 Å². The molecule has 0 aliphatic carbocycles. The number of hydrogen-bond donors (Lipinski definition) is 5. The molecule has 0 heterocycles. The maximum absolute atomic E-state index is 11.5. The number of benzene rings is 3. The first-order valence-corrected chi connectivity index (χ1v) is 13.2. The molecule has 0 bridgehead atoms. The smallest absolute Gasteiger partial charge is 0.229 e. The van der Waals surface area contributed by atoms with E-state index in [1.54, 1.807) is 6.07 Å². The molecule has 3 aromatic carbocycles. The molecule has 3 rings (SSSR count). The summed E-state index contributed by atoms with van der Waals surface area (Å²) in [4.78, 5) is 0. The van der Waals surface area contributed by atoms with Gasteiger partial charge in [-0.2, -0.15) is 0 Å². The van der Waals surface area contributed by atoms with Crippen LogP contribution in [0.25, 0.3) is 0 Å². The number of rotatable bonds is 13. The van der Waals surface area contributed by atoms with Gasteiger partial charge in [0, 0.05) is 12.6 Å². The zero-order valence-electron chi connectivity index (χ0n) is 19.6. The van der Waals surface area contributed by atoms with Crippen LogP contribution in [0.2, 0.25) is 0 Å². The van der Waals surface area contributed by atoms with Gasteiger partial charge in [0.15, 0.2) is 0 Å². The van der Waals surface area contributed by atoms with Crippen molar-refractivity contribution in [2.75, 3.05) is 30.7 Å². The van der Waals surface area contributed by atoms with Crippen LogP contribution in [-0.2, 0) is 22.9 Å². The molecule has 188 valence electrons. The van der Waals surface area contributed by atoms with Crippen molar-refractivity contribution in [1.82, 2.24) is 5.32 Å². The molecule has 0 aromatic heterocycles. The van der Waals surface area contributed by atoms with Crippen molar-refractivity contribution < 1.29 is 28.5 Å². The van der Waals surface area contributed by atoms with Gasteiger partial charge in [0.25, 0.3) is 0 Å². The Hall–Kier alpha value is -3.11. The van der Waals surface area contributed by atoms with Gasteiger partial charge in [0.2, 0.25) is 10.0 Å². The van der Waals surface area contributed by atoms with Crippen LogP contribution in [0, 0.1) is 0 Å². The van der Waals surface area contributed by atoms with E-state index < -0.39 is 16.1 Å². The van der Waals surface area contributed by atoms with Crippen LogP contribution in [0.4, 0.5) is 5.69 Å². The molecule has 5 N–H and O–H groups in total. The van der Waals surface area contributed by atoms with Gasteiger partial charge in [-0.25, -0.2) is 8.42 Å². The number of aliphatic hydroxyl groups excluding tert-OH is 2. The van der Waals surface area contributed by atoms with Crippen molar-refractivity contribution in [2.45, 2.75) is 25.0 Å². The second-order valence-electron chi connectivity index (χ2n) is 8.38. The lowest BCUT2D eigenvalue weighted by atomic mass is 9.98. The van der Waals surface area contributed by atoms with E-state index in [1.165, 1.54) is 12.1 Å². The highest BCUT2D eigenvalue weighted by Gasteiger charge is 2.16. The fourth-order valence-corrected chi connectivity index (χ4v) is 4.29. The van der Waals surface area contributed by atoms with E-state index in [9.17, 15) is 18.6 Å². The highest BCUT2D eigenvalue weighted by atomic mass is 32.2. The fourth-order valence-electron chi connectivity index (χ4n) is 3.73. The molecule has 0 saturated heterocycles. The molecule has 8 nitrogen and oxygen atoms in total. The summed E-state index contributed by atoms with van der Waals surface area (Å²) in [7, 11) is -3.54. The molecule has 1 unspecified atom stereocenters. The third-order valence-electron chi connectivity index (χ3n) is 5.35. The van der Waals surface area contributed by atoms with E-state index in [0.717, 1.165) is 17.4 Å². The summed E-state index contributed by atoms with van der Waals surface area (Å²) in [5.41, 5.74) is 2.95. The Morgan fingerprint density at radius 3 is 2.31 bits per heavy atom. The van der Waals surface area contributed by atoms with Gasteiger partial charge in [0.05, 0.1) is 24.7 Å². The molecule has 0 aliphatic rings. The first-order chi connectivity index (χ1) is 16.7. The Morgan fingerprint density at radius 2 is 1.66 bits per heavy atom. The van der Waals surface area contributed by atoms with E-state index in [0.29, 0.717) is 24.3 Å². The number of hydrogen-bond acceptors (Lipinski definition) is 7. The number of phenolic OH excluding ortho intramolecular Hbond substituents is 1.